The number of ether oxygens (including phenoxy) is 1. The van der Waals surface area contributed by atoms with Gasteiger partial charge in [0.25, 0.3) is 11.1 Å². The minimum absolute atomic E-state index is 0.234. The Bertz CT molecular complexity index is 1150. The van der Waals surface area contributed by atoms with E-state index >= 15 is 0 Å². The molecule has 1 fully saturated rings. The lowest BCUT2D eigenvalue weighted by molar-refractivity contribution is -0.123. The number of rotatable bonds is 6. The molecule has 4 nitrogen and oxygen atoms in total. The zero-order valence-corrected chi connectivity index (χ0v) is 18.7. The number of benzene rings is 3. The predicted molar refractivity (Wildman–Crippen MR) is 123 cm³/mol. The van der Waals surface area contributed by atoms with Crippen LogP contribution in [0, 0.1) is 5.82 Å². The molecule has 0 spiro atoms. The Labute approximate surface area is 191 Å². The Kier molecular flexibility index (Phi) is 6.53. The van der Waals surface area contributed by atoms with E-state index in [1.54, 1.807) is 30.3 Å². The maximum atomic E-state index is 13.0. The molecule has 1 heterocycles. The van der Waals surface area contributed by atoms with Crippen molar-refractivity contribution in [1.29, 1.82) is 0 Å². The Hall–Kier alpha value is -2.90. The summed E-state index contributed by atoms with van der Waals surface area (Å²) < 4.78 is 19.6. The molecule has 4 rings (SSSR count). The summed E-state index contributed by atoms with van der Waals surface area (Å²) in [5, 5.41) is -0.282. The molecular formula is C24H17BrFNO3S. The Balaban J connectivity index is 1.40. The van der Waals surface area contributed by atoms with Gasteiger partial charge < -0.3 is 4.74 Å². The van der Waals surface area contributed by atoms with Gasteiger partial charge in [-0.2, -0.15) is 0 Å². The number of imide groups is 1. The van der Waals surface area contributed by atoms with Crippen molar-refractivity contribution in [2.75, 3.05) is 0 Å². The van der Waals surface area contributed by atoms with Gasteiger partial charge in [-0.05, 0) is 70.9 Å². The molecule has 31 heavy (non-hydrogen) atoms. The third kappa shape index (κ3) is 5.42. The van der Waals surface area contributed by atoms with Crippen LogP contribution in [-0.4, -0.2) is 16.0 Å². The topological polar surface area (TPSA) is 46.6 Å². The highest BCUT2D eigenvalue weighted by Gasteiger charge is 2.34. The second kappa shape index (κ2) is 9.49. The molecule has 0 atom stereocenters. The molecule has 2 amide bonds. The number of carbonyl (C=O) groups is 2. The first kappa shape index (κ1) is 21.3. The molecule has 0 radical (unpaired) electrons. The fourth-order valence-electron chi connectivity index (χ4n) is 3.01. The Morgan fingerprint density at radius 3 is 2.42 bits per heavy atom. The summed E-state index contributed by atoms with van der Waals surface area (Å²) in [4.78, 5) is 26.7. The fraction of sp³-hybridized carbons (Fsp3) is 0.0833. The van der Waals surface area contributed by atoms with Gasteiger partial charge in [0.05, 0.1) is 11.4 Å². The number of amides is 2. The van der Waals surface area contributed by atoms with E-state index in [0.29, 0.717) is 17.3 Å². The number of thioether (sulfide) groups is 1. The standard InChI is InChI=1S/C24H17BrFNO3S/c25-19-3-1-2-18(12-19)14-27-23(28)22(31-24(27)29)13-16-6-10-21(11-7-16)30-15-17-4-8-20(26)9-5-17/h1-13H,14-15H2/b22-13-. The minimum atomic E-state index is -0.299. The van der Waals surface area contributed by atoms with Gasteiger partial charge in [0.1, 0.15) is 18.2 Å². The highest BCUT2D eigenvalue weighted by molar-refractivity contribution is 9.10. The molecule has 0 aliphatic carbocycles. The van der Waals surface area contributed by atoms with Crippen molar-refractivity contribution in [3.63, 3.8) is 0 Å². The molecule has 0 bridgehead atoms. The van der Waals surface area contributed by atoms with Crippen LogP contribution in [0.25, 0.3) is 6.08 Å². The van der Waals surface area contributed by atoms with Gasteiger partial charge in [0.15, 0.2) is 0 Å². The summed E-state index contributed by atoms with van der Waals surface area (Å²) in [6.07, 6.45) is 1.70. The molecular weight excluding hydrogens is 481 g/mol. The van der Waals surface area contributed by atoms with E-state index in [4.69, 9.17) is 4.74 Å². The highest BCUT2D eigenvalue weighted by Crippen LogP contribution is 2.33. The molecule has 3 aromatic rings. The zero-order valence-electron chi connectivity index (χ0n) is 16.3. The first-order valence-electron chi connectivity index (χ1n) is 9.45. The monoisotopic (exact) mass is 497 g/mol. The second-order valence-electron chi connectivity index (χ2n) is 6.88. The van der Waals surface area contributed by atoms with Gasteiger partial charge in [-0.3, -0.25) is 14.5 Å². The minimum Gasteiger partial charge on any atom is -0.489 e. The zero-order chi connectivity index (χ0) is 21.8. The smallest absolute Gasteiger partial charge is 0.293 e. The van der Waals surface area contributed by atoms with Crippen molar-refractivity contribution in [3.05, 3.63) is 105 Å². The lowest BCUT2D eigenvalue weighted by Crippen LogP contribution is -2.27. The first-order valence-corrected chi connectivity index (χ1v) is 11.1. The van der Waals surface area contributed by atoms with Gasteiger partial charge in [-0.15, -0.1) is 0 Å². The molecule has 0 N–H and O–H groups in total. The second-order valence-corrected chi connectivity index (χ2v) is 8.79. The van der Waals surface area contributed by atoms with Crippen molar-refractivity contribution >= 4 is 44.9 Å². The number of hydrogen-bond acceptors (Lipinski definition) is 4. The van der Waals surface area contributed by atoms with E-state index in [1.165, 1.54) is 17.0 Å². The summed E-state index contributed by atoms with van der Waals surface area (Å²) in [5.74, 6) is 0.0741. The molecule has 156 valence electrons. The number of halogens is 2. The number of nitrogens with zero attached hydrogens (tertiary/aromatic N) is 1. The molecule has 0 unspecified atom stereocenters. The van der Waals surface area contributed by atoms with E-state index in [-0.39, 0.29) is 23.5 Å². The largest absolute Gasteiger partial charge is 0.489 e. The SMILES string of the molecule is O=C1S/C(=C\c2ccc(OCc3ccc(F)cc3)cc2)C(=O)N1Cc1cccc(Br)c1. The van der Waals surface area contributed by atoms with E-state index < -0.39 is 0 Å². The number of hydrogen-bond donors (Lipinski definition) is 0. The maximum absolute atomic E-state index is 13.0. The van der Waals surface area contributed by atoms with Gasteiger partial charge >= 0.3 is 0 Å². The van der Waals surface area contributed by atoms with Gasteiger partial charge in [0.2, 0.25) is 0 Å². The molecule has 1 aliphatic rings. The molecule has 1 saturated heterocycles. The summed E-state index contributed by atoms with van der Waals surface area (Å²) in [6, 6.07) is 20.9. The lowest BCUT2D eigenvalue weighted by Gasteiger charge is -2.12. The Morgan fingerprint density at radius 2 is 1.71 bits per heavy atom. The third-order valence-electron chi connectivity index (χ3n) is 4.60. The maximum Gasteiger partial charge on any atom is 0.293 e. The predicted octanol–water partition coefficient (Wildman–Crippen LogP) is 6.40. The van der Waals surface area contributed by atoms with Crippen LogP contribution in [0.15, 0.2) is 82.2 Å². The van der Waals surface area contributed by atoms with Gasteiger partial charge in [-0.1, -0.05) is 52.3 Å². The van der Waals surface area contributed by atoms with Gasteiger partial charge in [-0.25, -0.2) is 4.39 Å². The average Bonchev–Trinajstić information content (AvgIpc) is 3.02. The van der Waals surface area contributed by atoms with Crippen LogP contribution in [0.4, 0.5) is 9.18 Å². The van der Waals surface area contributed by atoms with Crippen molar-refractivity contribution < 1.29 is 18.7 Å². The Morgan fingerprint density at radius 1 is 0.968 bits per heavy atom. The average molecular weight is 498 g/mol. The van der Waals surface area contributed by atoms with E-state index in [1.807, 2.05) is 36.4 Å². The van der Waals surface area contributed by atoms with E-state index in [2.05, 4.69) is 15.9 Å². The van der Waals surface area contributed by atoms with Crippen LogP contribution in [0.2, 0.25) is 0 Å². The highest BCUT2D eigenvalue weighted by atomic mass is 79.9. The molecule has 3 aromatic carbocycles. The first-order chi connectivity index (χ1) is 15.0. The van der Waals surface area contributed by atoms with Crippen LogP contribution < -0.4 is 4.74 Å². The fourth-order valence-corrected chi connectivity index (χ4v) is 4.30. The van der Waals surface area contributed by atoms with Crippen LogP contribution in [0.3, 0.4) is 0 Å². The van der Waals surface area contributed by atoms with Crippen molar-refractivity contribution in [1.82, 2.24) is 4.90 Å². The lowest BCUT2D eigenvalue weighted by atomic mass is 10.2. The summed E-state index contributed by atoms with van der Waals surface area (Å²) >= 11 is 4.34. The normalized spacial score (nSPS) is 15.0. The quantitative estimate of drug-likeness (QED) is 0.369. The third-order valence-corrected chi connectivity index (χ3v) is 6.00. The summed E-state index contributed by atoms with van der Waals surface area (Å²) in [5.41, 5.74) is 2.53. The summed E-state index contributed by atoms with van der Waals surface area (Å²) in [6.45, 7) is 0.561. The van der Waals surface area contributed by atoms with Crippen molar-refractivity contribution in [3.8, 4) is 5.75 Å². The van der Waals surface area contributed by atoms with Crippen LogP contribution in [0.1, 0.15) is 16.7 Å². The van der Waals surface area contributed by atoms with Crippen molar-refractivity contribution in [2.45, 2.75) is 13.2 Å². The number of carbonyl (C=O) groups excluding carboxylic acids is 2. The van der Waals surface area contributed by atoms with E-state index in [9.17, 15) is 14.0 Å². The van der Waals surface area contributed by atoms with E-state index in [0.717, 1.165) is 32.9 Å². The van der Waals surface area contributed by atoms with Crippen LogP contribution >= 0.6 is 27.7 Å². The van der Waals surface area contributed by atoms with Crippen LogP contribution in [0.5, 0.6) is 5.75 Å². The summed E-state index contributed by atoms with van der Waals surface area (Å²) in [7, 11) is 0. The molecule has 1 aliphatic heterocycles. The molecule has 0 aromatic heterocycles. The van der Waals surface area contributed by atoms with Crippen molar-refractivity contribution in [2.24, 2.45) is 0 Å². The van der Waals surface area contributed by atoms with Gasteiger partial charge in [0, 0.05) is 4.47 Å². The molecule has 7 heteroatoms. The molecule has 0 saturated carbocycles. The van der Waals surface area contributed by atoms with Crippen LogP contribution in [-0.2, 0) is 17.9 Å².